The first-order chi connectivity index (χ1) is 10.7. The van der Waals surface area contributed by atoms with Gasteiger partial charge in [-0.3, -0.25) is 0 Å². The number of rotatable bonds is 4. The van der Waals surface area contributed by atoms with Crippen molar-refractivity contribution in [3.8, 4) is 10.6 Å². The monoisotopic (exact) mass is 330 g/mol. The van der Waals surface area contributed by atoms with Crippen molar-refractivity contribution in [2.45, 2.75) is 6.61 Å². The Morgan fingerprint density at radius 3 is 2.77 bits per heavy atom. The third-order valence-electron chi connectivity index (χ3n) is 2.88. The average Bonchev–Trinajstić information content (AvgIpc) is 3.02. The summed E-state index contributed by atoms with van der Waals surface area (Å²) in [5.74, 6) is -0.465. The van der Waals surface area contributed by atoms with Gasteiger partial charge in [-0.25, -0.2) is 14.8 Å². The van der Waals surface area contributed by atoms with Gasteiger partial charge in [0.05, 0.1) is 10.7 Å². The zero-order valence-corrected chi connectivity index (χ0v) is 13.0. The second-order valence-corrected chi connectivity index (χ2v) is 5.68. The maximum absolute atomic E-state index is 11.8. The van der Waals surface area contributed by atoms with Crippen molar-refractivity contribution in [3.05, 3.63) is 70.5 Å². The Balaban J connectivity index is 1.68. The van der Waals surface area contributed by atoms with E-state index in [9.17, 15) is 4.79 Å². The molecule has 0 radical (unpaired) electrons. The van der Waals surface area contributed by atoms with Gasteiger partial charge in [0.1, 0.15) is 17.3 Å². The fourth-order valence-electron chi connectivity index (χ4n) is 1.83. The van der Waals surface area contributed by atoms with Crippen LogP contribution in [0.25, 0.3) is 10.6 Å². The zero-order valence-electron chi connectivity index (χ0n) is 11.4. The Morgan fingerprint density at radius 2 is 2.00 bits per heavy atom. The van der Waals surface area contributed by atoms with Gasteiger partial charge in [0.15, 0.2) is 0 Å². The van der Waals surface area contributed by atoms with Crippen LogP contribution in [-0.2, 0) is 11.3 Å². The third kappa shape index (κ3) is 3.32. The summed E-state index contributed by atoms with van der Waals surface area (Å²) in [5, 5.41) is 3.30. The van der Waals surface area contributed by atoms with Crippen molar-refractivity contribution in [2.75, 3.05) is 0 Å². The summed E-state index contributed by atoms with van der Waals surface area (Å²) in [6, 6.07) is 12.6. The molecular weight excluding hydrogens is 320 g/mol. The molecule has 0 N–H and O–H groups in total. The molecule has 4 nitrogen and oxygen atoms in total. The number of esters is 1. The SMILES string of the molecule is O=C(OCc1csc(-c2ccccc2Cl)n1)c1ccccn1. The van der Waals surface area contributed by atoms with Crippen molar-refractivity contribution >= 4 is 28.9 Å². The van der Waals surface area contributed by atoms with Crippen LogP contribution in [0.5, 0.6) is 0 Å². The van der Waals surface area contributed by atoms with E-state index in [4.69, 9.17) is 16.3 Å². The van der Waals surface area contributed by atoms with E-state index in [1.807, 2.05) is 29.6 Å². The van der Waals surface area contributed by atoms with Crippen LogP contribution in [0.15, 0.2) is 54.0 Å². The number of thiazole rings is 1. The van der Waals surface area contributed by atoms with Gasteiger partial charge >= 0.3 is 5.97 Å². The predicted octanol–water partition coefficient (Wildman–Crippen LogP) is 4.22. The van der Waals surface area contributed by atoms with Crippen LogP contribution in [-0.4, -0.2) is 15.9 Å². The summed E-state index contributed by atoms with van der Waals surface area (Å²) in [5.41, 5.74) is 1.84. The maximum Gasteiger partial charge on any atom is 0.357 e. The Morgan fingerprint density at radius 1 is 1.18 bits per heavy atom. The van der Waals surface area contributed by atoms with Gasteiger partial charge in [0.2, 0.25) is 0 Å². The lowest BCUT2D eigenvalue weighted by Crippen LogP contribution is -2.07. The molecule has 0 amide bonds. The molecule has 2 heterocycles. The molecule has 6 heteroatoms. The Hall–Kier alpha value is -2.24. The lowest BCUT2D eigenvalue weighted by Gasteiger charge is -2.02. The Kier molecular flexibility index (Phi) is 4.46. The highest BCUT2D eigenvalue weighted by atomic mass is 35.5. The molecule has 0 aliphatic carbocycles. The molecule has 22 heavy (non-hydrogen) atoms. The van der Waals surface area contributed by atoms with Crippen LogP contribution in [0.3, 0.4) is 0 Å². The van der Waals surface area contributed by atoms with E-state index in [0.29, 0.717) is 10.7 Å². The number of benzene rings is 1. The van der Waals surface area contributed by atoms with Gasteiger partial charge < -0.3 is 4.74 Å². The standard InChI is InChI=1S/C16H11ClN2O2S/c17-13-6-2-1-5-12(13)15-19-11(10-22-15)9-21-16(20)14-7-3-4-8-18-14/h1-8,10H,9H2. The molecule has 1 aromatic carbocycles. The lowest BCUT2D eigenvalue weighted by molar-refractivity contribution is 0.0461. The zero-order chi connectivity index (χ0) is 15.4. The molecule has 0 saturated heterocycles. The Bertz CT molecular complexity index is 790. The summed E-state index contributed by atoms with van der Waals surface area (Å²) < 4.78 is 5.20. The first-order valence-electron chi connectivity index (χ1n) is 6.51. The molecule has 0 saturated carbocycles. The largest absolute Gasteiger partial charge is 0.454 e. The molecule has 0 bridgehead atoms. The molecule has 0 spiro atoms. The minimum Gasteiger partial charge on any atom is -0.454 e. The quantitative estimate of drug-likeness (QED) is 0.672. The van der Waals surface area contributed by atoms with Gasteiger partial charge in [-0.2, -0.15) is 0 Å². The van der Waals surface area contributed by atoms with E-state index in [0.717, 1.165) is 10.6 Å². The number of halogens is 1. The molecule has 2 aromatic heterocycles. The van der Waals surface area contributed by atoms with E-state index in [1.165, 1.54) is 11.3 Å². The molecule has 0 aliphatic heterocycles. The molecule has 0 aliphatic rings. The molecular formula is C16H11ClN2O2S. The summed E-state index contributed by atoms with van der Waals surface area (Å²) in [6.45, 7) is 0.108. The number of nitrogens with zero attached hydrogens (tertiary/aromatic N) is 2. The molecule has 3 rings (SSSR count). The summed E-state index contributed by atoms with van der Waals surface area (Å²) >= 11 is 7.61. The molecule has 0 fully saturated rings. The van der Waals surface area contributed by atoms with Gasteiger partial charge in [0.25, 0.3) is 0 Å². The minimum atomic E-state index is -0.465. The van der Waals surface area contributed by atoms with Crippen LogP contribution in [0, 0.1) is 0 Å². The highest BCUT2D eigenvalue weighted by molar-refractivity contribution is 7.13. The van der Waals surface area contributed by atoms with E-state index in [1.54, 1.807) is 24.4 Å². The Labute approximate surface area is 136 Å². The number of pyridine rings is 1. The van der Waals surface area contributed by atoms with Gasteiger partial charge in [0, 0.05) is 17.1 Å². The fourth-order valence-corrected chi connectivity index (χ4v) is 2.95. The van der Waals surface area contributed by atoms with Crippen LogP contribution >= 0.6 is 22.9 Å². The van der Waals surface area contributed by atoms with Crippen molar-refractivity contribution in [3.63, 3.8) is 0 Å². The van der Waals surface area contributed by atoms with Gasteiger partial charge in [-0.15, -0.1) is 11.3 Å². The van der Waals surface area contributed by atoms with Crippen LogP contribution in [0.2, 0.25) is 5.02 Å². The number of hydrogen-bond acceptors (Lipinski definition) is 5. The van der Waals surface area contributed by atoms with E-state index in [-0.39, 0.29) is 12.3 Å². The number of hydrogen-bond donors (Lipinski definition) is 0. The maximum atomic E-state index is 11.8. The minimum absolute atomic E-state index is 0.108. The smallest absolute Gasteiger partial charge is 0.357 e. The average molecular weight is 331 g/mol. The summed E-state index contributed by atoms with van der Waals surface area (Å²) in [6.07, 6.45) is 1.55. The summed E-state index contributed by atoms with van der Waals surface area (Å²) in [4.78, 5) is 20.2. The normalized spacial score (nSPS) is 10.4. The van der Waals surface area contributed by atoms with Crippen LogP contribution in [0.1, 0.15) is 16.2 Å². The molecule has 110 valence electrons. The number of ether oxygens (including phenoxy) is 1. The van der Waals surface area contributed by atoms with Crippen LogP contribution in [0.4, 0.5) is 0 Å². The van der Waals surface area contributed by atoms with Crippen molar-refractivity contribution in [1.82, 2.24) is 9.97 Å². The van der Waals surface area contributed by atoms with Crippen molar-refractivity contribution in [1.29, 1.82) is 0 Å². The lowest BCUT2D eigenvalue weighted by atomic mass is 10.2. The molecule has 3 aromatic rings. The fraction of sp³-hybridized carbons (Fsp3) is 0.0625. The molecule has 0 atom stereocenters. The number of carbonyl (C=O) groups is 1. The van der Waals surface area contributed by atoms with E-state index in [2.05, 4.69) is 9.97 Å². The summed E-state index contributed by atoms with van der Waals surface area (Å²) in [7, 11) is 0. The highest BCUT2D eigenvalue weighted by Crippen LogP contribution is 2.30. The number of carbonyl (C=O) groups excluding carboxylic acids is 1. The molecule has 0 unspecified atom stereocenters. The third-order valence-corrected chi connectivity index (χ3v) is 4.14. The van der Waals surface area contributed by atoms with E-state index < -0.39 is 5.97 Å². The van der Waals surface area contributed by atoms with Crippen molar-refractivity contribution < 1.29 is 9.53 Å². The van der Waals surface area contributed by atoms with Crippen LogP contribution < -0.4 is 0 Å². The number of aromatic nitrogens is 2. The van der Waals surface area contributed by atoms with Gasteiger partial charge in [-0.1, -0.05) is 35.9 Å². The first kappa shape index (κ1) is 14.7. The highest BCUT2D eigenvalue weighted by Gasteiger charge is 2.11. The predicted molar refractivity (Wildman–Crippen MR) is 85.9 cm³/mol. The topological polar surface area (TPSA) is 52.1 Å². The van der Waals surface area contributed by atoms with E-state index >= 15 is 0 Å². The van der Waals surface area contributed by atoms with Crippen molar-refractivity contribution in [2.24, 2.45) is 0 Å². The second kappa shape index (κ2) is 6.68. The second-order valence-electron chi connectivity index (χ2n) is 4.41. The van der Waals surface area contributed by atoms with Gasteiger partial charge in [-0.05, 0) is 18.2 Å². The first-order valence-corrected chi connectivity index (χ1v) is 7.77.